The van der Waals surface area contributed by atoms with Crippen LogP contribution in [0.15, 0.2) is 58.4 Å². The van der Waals surface area contributed by atoms with Crippen LogP contribution in [0.3, 0.4) is 0 Å². The Morgan fingerprint density at radius 3 is 1.91 bits per heavy atom. The predicted molar refractivity (Wildman–Crippen MR) is 172 cm³/mol. The van der Waals surface area contributed by atoms with Crippen molar-refractivity contribution in [3.05, 3.63) is 80.6 Å². The van der Waals surface area contributed by atoms with E-state index in [0.717, 1.165) is 11.1 Å². The minimum Gasteiger partial charge on any atom is -0.490 e. The van der Waals surface area contributed by atoms with Crippen LogP contribution in [0, 0.1) is 13.8 Å². The Morgan fingerprint density at radius 2 is 1.41 bits per heavy atom. The molecule has 14 heteroatoms. The smallest absolute Gasteiger partial charge is 0.320 e. The van der Waals surface area contributed by atoms with E-state index in [-0.39, 0.29) is 19.8 Å². The average Bonchev–Trinajstić information content (AvgIpc) is 2.97. The first kappa shape index (κ1) is 37.7. The van der Waals surface area contributed by atoms with Gasteiger partial charge in [0, 0.05) is 38.0 Å². The molecule has 2 aromatic carbocycles. The van der Waals surface area contributed by atoms with E-state index in [1.54, 1.807) is 71.0 Å². The van der Waals surface area contributed by atoms with Gasteiger partial charge in [0.25, 0.3) is 0 Å². The molecule has 1 aromatic heterocycles. The van der Waals surface area contributed by atoms with Crippen LogP contribution < -0.4 is 31.2 Å². The molecule has 0 aliphatic heterocycles. The summed E-state index contributed by atoms with van der Waals surface area (Å²) < 4.78 is 22.2. The molecule has 5 N–H and O–H groups in total. The zero-order valence-electron chi connectivity index (χ0n) is 27.4. The summed E-state index contributed by atoms with van der Waals surface area (Å²) in [6.45, 7) is 10.6. The molecule has 46 heavy (non-hydrogen) atoms. The average molecular weight is 645 g/mol. The number of rotatable bonds is 12. The summed E-state index contributed by atoms with van der Waals surface area (Å²) in [7, 11) is 2.87. The summed E-state index contributed by atoms with van der Waals surface area (Å²) in [5.41, 5.74) is -0.554. The van der Waals surface area contributed by atoms with Crippen molar-refractivity contribution in [3.63, 3.8) is 0 Å². The van der Waals surface area contributed by atoms with Crippen molar-refractivity contribution in [1.29, 1.82) is 0 Å². The number of ether oxygens (including phenoxy) is 4. The van der Waals surface area contributed by atoms with Gasteiger partial charge in [-0.05, 0) is 89.1 Å². The third kappa shape index (κ3) is 12.5. The van der Waals surface area contributed by atoms with Crippen LogP contribution in [0.4, 0.5) is 5.69 Å². The molecule has 0 bridgehead atoms. The van der Waals surface area contributed by atoms with E-state index in [1.807, 2.05) is 6.92 Å². The van der Waals surface area contributed by atoms with Crippen LogP contribution in [0.5, 0.6) is 11.5 Å². The first-order valence-electron chi connectivity index (χ1n) is 14.3. The molecule has 0 saturated carbocycles. The monoisotopic (exact) mass is 644 g/mol. The summed E-state index contributed by atoms with van der Waals surface area (Å²) in [5.74, 6) is -0.374. The minimum atomic E-state index is -0.945. The number of nitrogens with zero attached hydrogens (tertiary/aromatic N) is 1. The van der Waals surface area contributed by atoms with Gasteiger partial charge in [0.2, 0.25) is 0 Å². The zero-order valence-corrected chi connectivity index (χ0v) is 27.4. The molecule has 2 amide bonds. The van der Waals surface area contributed by atoms with Crippen molar-refractivity contribution in [2.24, 2.45) is 0 Å². The maximum Gasteiger partial charge on any atom is 0.320 e. The minimum absolute atomic E-state index is 0.0575. The van der Waals surface area contributed by atoms with E-state index in [4.69, 9.17) is 18.9 Å². The second-order valence-corrected chi connectivity index (χ2v) is 11.7. The summed E-state index contributed by atoms with van der Waals surface area (Å²) >= 11 is 0. The fourth-order valence-electron chi connectivity index (χ4n) is 3.68. The molecular formula is C32H44N4O10. The lowest BCUT2D eigenvalue weighted by Crippen LogP contribution is -2.40. The SMILES string of the molecule is COC(CNC(=O)C(=O)Nc1ccc(OCC(C)(C)O)c(C)c1)OC.Cc1cc(-n2cc[nH]c(=O)c2=O)ccc1OCC(C)(C)O. The first-order valence-corrected chi connectivity index (χ1v) is 14.3. The molecule has 3 rings (SSSR count). The normalized spacial score (nSPS) is 11.4. The molecule has 0 spiro atoms. The number of hydrogen-bond acceptors (Lipinski definition) is 10. The van der Waals surface area contributed by atoms with Crippen LogP contribution >= 0.6 is 0 Å². The van der Waals surface area contributed by atoms with Crippen LogP contribution in [0.2, 0.25) is 0 Å². The first-order chi connectivity index (χ1) is 21.4. The van der Waals surface area contributed by atoms with Crippen molar-refractivity contribution < 1.29 is 38.7 Å². The number of methoxy groups -OCH3 is 2. The summed E-state index contributed by atoms with van der Waals surface area (Å²) in [5, 5.41) is 24.3. The Labute approximate surface area is 267 Å². The van der Waals surface area contributed by atoms with Crippen molar-refractivity contribution in [1.82, 2.24) is 14.9 Å². The lowest BCUT2D eigenvalue weighted by atomic mass is 10.1. The largest absolute Gasteiger partial charge is 0.490 e. The topological polar surface area (TPSA) is 190 Å². The Balaban J connectivity index is 0.000000324. The number of nitrogens with one attached hydrogen (secondary N) is 3. The van der Waals surface area contributed by atoms with Crippen LogP contribution in [-0.4, -0.2) is 83.0 Å². The van der Waals surface area contributed by atoms with Gasteiger partial charge in [-0.1, -0.05) is 0 Å². The number of aromatic nitrogens is 2. The molecule has 0 fully saturated rings. The van der Waals surface area contributed by atoms with Gasteiger partial charge in [0.1, 0.15) is 24.7 Å². The molecule has 0 atom stereocenters. The number of amides is 2. The van der Waals surface area contributed by atoms with Gasteiger partial charge in [-0.25, -0.2) is 0 Å². The van der Waals surface area contributed by atoms with Crippen LogP contribution in [0.1, 0.15) is 38.8 Å². The second-order valence-electron chi connectivity index (χ2n) is 11.7. The number of aliphatic hydroxyl groups is 2. The summed E-state index contributed by atoms with van der Waals surface area (Å²) in [6, 6.07) is 10.1. The number of aromatic amines is 1. The number of benzene rings is 2. The third-order valence-electron chi connectivity index (χ3n) is 6.04. The Hall–Kier alpha value is -4.50. The van der Waals surface area contributed by atoms with E-state index < -0.39 is 40.4 Å². The van der Waals surface area contributed by atoms with E-state index in [0.29, 0.717) is 22.9 Å². The number of carbonyl (C=O) groups excluding carboxylic acids is 2. The third-order valence-corrected chi connectivity index (χ3v) is 6.04. The van der Waals surface area contributed by atoms with Gasteiger partial charge in [-0.2, -0.15) is 0 Å². The predicted octanol–water partition coefficient (Wildman–Crippen LogP) is 1.80. The van der Waals surface area contributed by atoms with Crippen molar-refractivity contribution in [2.45, 2.75) is 59.0 Å². The highest BCUT2D eigenvalue weighted by Crippen LogP contribution is 2.23. The number of H-pyrrole nitrogens is 1. The molecule has 3 aromatic rings. The molecular weight excluding hydrogens is 600 g/mol. The fourth-order valence-corrected chi connectivity index (χ4v) is 3.68. The van der Waals surface area contributed by atoms with Gasteiger partial charge in [-0.3, -0.25) is 23.7 Å². The van der Waals surface area contributed by atoms with E-state index in [2.05, 4.69) is 15.6 Å². The Morgan fingerprint density at radius 1 is 0.870 bits per heavy atom. The lowest BCUT2D eigenvalue weighted by Gasteiger charge is -2.19. The molecule has 0 aliphatic rings. The lowest BCUT2D eigenvalue weighted by molar-refractivity contribution is -0.139. The molecule has 0 aliphatic carbocycles. The highest BCUT2D eigenvalue weighted by atomic mass is 16.7. The van der Waals surface area contributed by atoms with Crippen molar-refractivity contribution in [3.8, 4) is 17.2 Å². The van der Waals surface area contributed by atoms with E-state index in [1.165, 1.54) is 31.2 Å². The Bertz CT molecular complexity index is 1580. The molecule has 0 radical (unpaired) electrons. The highest BCUT2D eigenvalue weighted by Gasteiger charge is 2.18. The maximum absolute atomic E-state index is 11.9. The zero-order chi connectivity index (χ0) is 34.7. The van der Waals surface area contributed by atoms with Gasteiger partial charge in [0.05, 0.1) is 17.7 Å². The quantitative estimate of drug-likeness (QED) is 0.144. The van der Waals surface area contributed by atoms with Crippen molar-refractivity contribution in [2.75, 3.05) is 39.3 Å². The second kappa shape index (κ2) is 16.7. The van der Waals surface area contributed by atoms with Gasteiger partial charge >= 0.3 is 22.9 Å². The molecule has 0 unspecified atom stereocenters. The highest BCUT2D eigenvalue weighted by molar-refractivity contribution is 6.39. The standard InChI is InChI=1S/C17H26N2O6.C15H18N2O4/c1-11-8-12(6-7-13(11)25-10-17(2,3)22)19-16(21)15(20)18-9-14(23-4)24-5;1-10-8-11(17-7-6-16-13(18)14(17)19)4-5-12(10)21-9-15(2,3)20/h6-8,14,22H,9-10H2,1-5H3,(H,18,20)(H,19,21);4-8,20H,9H2,1-3H3,(H,16,18). The molecule has 1 heterocycles. The Kier molecular flexibility index (Phi) is 13.7. The van der Waals surface area contributed by atoms with Crippen LogP contribution in [-0.2, 0) is 19.1 Å². The van der Waals surface area contributed by atoms with Gasteiger partial charge < -0.3 is 44.8 Å². The number of anilines is 1. The van der Waals surface area contributed by atoms with Gasteiger partial charge in [-0.15, -0.1) is 0 Å². The van der Waals surface area contributed by atoms with Crippen LogP contribution in [0.25, 0.3) is 5.69 Å². The summed E-state index contributed by atoms with van der Waals surface area (Å²) in [6.07, 6.45) is 2.29. The molecule has 0 saturated heterocycles. The summed E-state index contributed by atoms with van der Waals surface area (Å²) in [4.78, 5) is 49.1. The molecule has 14 nitrogen and oxygen atoms in total. The van der Waals surface area contributed by atoms with E-state index >= 15 is 0 Å². The van der Waals surface area contributed by atoms with E-state index in [9.17, 15) is 29.4 Å². The number of hydrogen-bond donors (Lipinski definition) is 5. The number of aryl methyl sites for hydroxylation is 2. The fraction of sp³-hybridized carbons (Fsp3) is 0.438. The maximum atomic E-state index is 11.9. The van der Waals surface area contributed by atoms with Gasteiger partial charge in [0.15, 0.2) is 6.29 Å². The number of carbonyl (C=O) groups is 2. The van der Waals surface area contributed by atoms with Crippen molar-refractivity contribution >= 4 is 17.5 Å². The molecule has 252 valence electrons.